The molecule has 13 heavy (non-hydrogen) atoms. The van der Waals surface area contributed by atoms with Gasteiger partial charge in [0.1, 0.15) is 5.75 Å². The van der Waals surface area contributed by atoms with Gasteiger partial charge >= 0.3 is 0 Å². The summed E-state index contributed by atoms with van der Waals surface area (Å²) in [6.07, 6.45) is 0. The van der Waals surface area contributed by atoms with Crippen molar-refractivity contribution in [2.75, 3.05) is 13.2 Å². The molecule has 4 heteroatoms. The zero-order valence-electron chi connectivity index (χ0n) is 7.07. The maximum Gasteiger partial charge on any atom is 0.117 e. The van der Waals surface area contributed by atoms with Crippen LogP contribution in [0.4, 0.5) is 0 Å². The van der Waals surface area contributed by atoms with Gasteiger partial charge in [0.25, 0.3) is 0 Å². The smallest absolute Gasteiger partial charge is 0.117 e. The van der Waals surface area contributed by atoms with E-state index in [1.54, 1.807) is 6.07 Å². The molecule has 0 heterocycles. The number of benzene rings is 1. The van der Waals surface area contributed by atoms with Gasteiger partial charge in [0.15, 0.2) is 0 Å². The van der Waals surface area contributed by atoms with Crippen molar-refractivity contribution >= 4 is 11.6 Å². The maximum atomic E-state index is 9.09. The minimum absolute atomic E-state index is 0.0407. The number of hydrogen-bond donors (Lipinski definition) is 3. The Labute approximate surface area is 81.8 Å². The summed E-state index contributed by atoms with van der Waals surface area (Å²) in [4.78, 5) is 0. The van der Waals surface area contributed by atoms with Crippen LogP contribution in [-0.2, 0) is 0 Å². The number of phenolic OH excluding ortho intramolecular Hbond substituents is 1. The van der Waals surface area contributed by atoms with Crippen LogP contribution in [0.2, 0.25) is 5.02 Å². The van der Waals surface area contributed by atoms with E-state index < -0.39 is 0 Å². The van der Waals surface area contributed by atoms with Crippen LogP contribution in [0.1, 0.15) is 11.5 Å². The van der Waals surface area contributed by atoms with E-state index in [1.165, 1.54) is 12.1 Å². The Bertz CT molecular complexity index is 287. The van der Waals surface area contributed by atoms with Crippen LogP contribution in [0, 0.1) is 0 Å². The highest BCUT2D eigenvalue weighted by Crippen LogP contribution is 2.27. The maximum absolute atomic E-state index is 9.09. The second kappa shape index (κ2) is 4.46. The van der Waals surface area contributed by atoms with Crippen molar-refractivity contribution in [2.45, 2.75) is 5.92 Å². The molecule has 1 aromatic carbocycles. The summed E-state index contributed by atoms with van der Waals surface area (Å²) in [5.41, 5.74) is 6.21. The fraction of sp³-hybridized carbons (Fsp3) is 0.333. The molecule has 0 radical (unpaired) electrons. The number of halogens is 1. The van der Waals surface area contributed by atoms with Gasteiger partial charge in [-0.1, -0.05) is 17.7 Å². The van der Waals surface area contributed by atoms with Crippen molar-refractivity contribution in [3.63, 3.8) is 0 Å². The zero-order chi connectivity index (χ0) is 9.84. The van der Waals surface area contributed by atoms with Gasteiger partial charge < -0.3 is 15.9 Å². The Morgan fingerprint density at radius 3 is 2.62 bits per heavy atom. The number of hydrogen-bond acceptors (Lipinski definition) is 3. The average Bonchev–Trinajstić information content (AvgIpc) is 2.10. The average molecular weight is 202 g/mol. The van der Waals surface area contributed by atoms with Crippen LogP contribution in [0.3, 0.4) is 0 Å². The van der Waals surface area contributed by atoms with E-state index in [4.69, 9.17) is 27.5 Å². The van der Waals surface area contributed by atoms with Crippen LogP contribution < -0.4 is 5.73 Å². The van der Waals surface area contributed by atoms with Crippen molar-refractivity contribution in [1.82, 2.24) is 0 Å². The third kappa shape index (κ3) is 2.34. The molecule has 1 aromatic rings. The topological polar surface area (TPSA) is 66.5 Å². The molecule has 0 saturated heterocycles. The molecule has 0 saturated carbocycles. The van der Waals surface area contributed by atoms with Crippen LogP contribution >= 0.6 is 11.6 Å². The lowest BCUT2D eigenvalue weighted by Crippen LogP contribution is -2.16. The molecule has 0 aliphatic carbocycles. The number of aliphatic hydroxyl groups excluding tert-OH is 1. The predicted molar refractivity (Wildman–Crippen MR) is 52.0 cm³/mol. The molecule has 0 aliphatic heterocycles. The normalized spacial score (nSPS) is 12.8. The molecular weight excluding hydrogens is 190 g/mol. The monoisotopic (exact) mass is 201 g/mol. The summed E-state index contributed by atoms with van der Waals surface area (Å²) in [7, 11) is 0. The quantitative estimate of drug-likeness (QED) is 0.686. The number of aliphatic hydroxyl groups is 1. The highest BCUT2D eigenvalue weighted by molar-refractivity contribution is 6.31. The zero-order valence-corrected chi connectivity index (χ0v) is 7.83. The van der Waals surface area contributed by atoms with E-state index >= 15 is 0 Å². The summed E-state index contributed by atoms with van der Waals surface area (Å²) < 4.78 is 0. The Hall–Kier alpha value is -0.770. The Morgan fingerprint density at radius 1 is 1.46 bits per heavy atom. The molecule has 0 aliphatic rings. The molecule has 1 rings (SSSR count). The van der Waals surface area contributed by atoms with E-state index in [2.05, 4.69) is 0 Å². The predicted octanol–water partition coefficient (Wildman–Crippen LogP) is 1.08. The highest BCUT2D eigenvalue weighted by atomic mass is 35.5. The molecule has 3 nitrogen and oxygen atoms in total. The molecule has 1 atom stereocenters. The summed E-state index contributed by atoms with van der Waals surface area (Å²) in [6, 6.07) is 4.64. The first-order valence-corrected chi connectivity index (χ1v) is 4.36. The fourth-order valence-corrected chi connectivity index (χ4v) is 1.48. The first-order chi connectivity index (χ1) is 6.19. The van der Waals surface area contributed by atoms with Gasteiger partial charge in [-0.15, -0.1) is 0 Å². The minimum Gasteiger partial charge on any atom is -0.508 e. The third-order valence-corrected chi connectivity index (χ3v) is 2.26. The van der Waals surface area contributed by atoms with Crippen molar-refractivity contribution in [1.29, 1.82) is 0 Å². The van der Waals surface area contributed by atoms with Gasteiger partial charge in [-0.05, 0) is 17.7 Å². The van der Waals surface area contributed by atoms with E-state index in [0.717, 1.165) is 5.56 Å². The van der Waals surface area contributed by atoms with Crippen LogP contribution in [-0.4, -0.2) is 23.4 Å². The van der Waals surface area contributed by atoms with Gasteiger partial charge in [-0.25, -0.2) is 0 Å². The summed E-state index contributed by atoms with van der Waals surface area (Å²) >= 11 is 5.86. The van der Waals surface area contributed by atoms with Gasteiger partial charge in [-0.2, -0.15) is 0 Å². The largest absolute Gasteiger partial charge is 0.508 e. The lowest BCUT2D eigenvalue weighted by Gasteiger charge is -2.13. The standard InChI is InChI=1S/C9H12ClNO2/c10-9-3-7(13)1-2-8(9)6(4-11)5-12/h1-3,6,12-13H,4-5,11H2. The van der Waals surface area contributed by atoms with Crippen molar-refractivity contribution in [3.8, 4) is 5.75 Å². The summed E-state index contributed by atoms with van der Waals surface area (Å²) in [6.45, 7) is 0.294. The number of nitrogens with two attached hydrogens (primary N) is 1. The van der Waals surface area contributed by atoms with Gasteiger partial charge in [0.05, 0.1) is 6.61 Å². The Morgan fingerprint density at radius 2 is 2.15 bits per heavy atom. The highest BCUT2D eigenvalue weighted by Gasteiger charge is 2.12. The van der Waals surface area contributed by atoms with Crippen molar-refractivity contribution in [3.05, 3.63) is 28.8 Å². The van der Waals surface area contributed by atoms with Gasteiger partial charge in [0, 0.05) is 17.5 Å². The summed E-state index contributed by atoms with van der Waals surface area (Å²) in [5.74, 6) is -0.0458. The Balaban J connectivity index is 2.99. The second-order valence-electron chi connectivity index (χ2n) is 2.82. The van der Waals surface area contributed by atoms with E-state index in [0.29, 0.717) is 11.6 Å². The molecular formula is C9H12ClNO2. The molecule has 4 N–H and O–H groups in total. The minimum atomic E-state index is -0.159. The lowest BCUT2D eigenvalue weighted by molar-refractivity contribution is 0.268. The number of rotatable bonds is 3. The Kier molecular flexibility index (Phi) is 3.54. The molecule has 1 unspecified atom stereocenters. The van der Waals surface area contributed by atoms with Crippen LogP contribution in [0.25, 0.3) is 0 Å². The number of phenols is 1. The van der Waals surface area contributed by atoms with E-state index in [1.807, 2.05) is 0 Å². The molecule has 72 valence electrons. The fourth-order valence-electron chi connectivity index (χ4n) is 1.15. The van der Waals surface area contributed by atoms with Crippen molar-refractivity contribution in [2.24, 2.45) is 5.73 Å². The summed E-state index contributed by atoms with van der Waals surface area (Å²) in [5, 5.41) is 18.5. The van der Waals surface area contributed by atoms with Crippen molar-refractivity contribution < 1.29 is 10.2 Å². The molecule has 0 amide bonds. The molecule has 0 aromatic heterocycles. The third-order valence-electron chi connectivity index (χ3n) is 1.93. The second-order valence-corrected chi connectivity index (χ2v) is 3.23. The van der Waals surface area contributed by atoms with Gasteiger partial charge in [0.2, 0.25) is 0 Å². The van der Waals surface area contributed by atoms with E-state index in [-0.39, 0.29) is 18.3 Å². The molecule has 0 bridgehead atoms. The first kappa shape index (κ1) is 10.3. The van der Waals surface area contributed by atoms with Crippen LogP contribution in [0.15, 0.2) is 18.2 Å². The molecule has 0 fully saturated rings. The van der Waals surface area contributed by atoms with Gasteiger partial charge in [-0.3, -0.25) is 0 Å². The molecule has 0 spiro atoms. The first-order valence-electron chi connectivity index (χ1n) is 3.98. The SMILES string of the molecule is NCC(CO)c1ccc(O)cc1Cl. The van der Waals surface area contributed by atoms with Crippen LogP contribution in [0.5, 0.6) is 5.75 Å². The lowest BCUT2D eigenvalue weighted by atomic mass is 10.0. The number of aromatic hydroxyl groups is 1. The van der Waals surface area contributed by atoms with E-state index in [9.17, 15) is 0 Å².